The Labute approximate surface area is 72.6 Å². The van der Waals surface area contributed by atoms with Gasteiger partial charge in [-0.25, -0.2) is 0 Å². The minimum atomic E-state index is 0.449. The van der Waals surface area contributed by atoms with Crippen molar-refractivity contribution < 1.29 is 4.74 Å². The molecule has 1 N–H and O–H groups in total. The molecular weight excluding hydrogens is 184 g/mol. The zero-order valence-electron chi connectivity index (χ0n) is 5.50. The van der Waals surface area contributed by atoms with Crippen LogP contribution in [-0.4, -0.2) is 12.6 Å². The van der Waals surface area contributed by atoms with E-state index in [-0.39, 0.29) is 0 Å². The summed E-state index contributed by atoms with van der Waals surface area (Å²) in [6.07, 6.45) is 0. The monoisotopic (exact) mass is 188 g/mol. The predicted molar refractivity (Wildman–Crippen MR) is 45.0 cm³/mol. The van der Waals surface area contributed by atoms with E-state index in [1.54, 1.807) is 0 Å². The number of nitrogens with one attached hydrogen (secondary N) is 1. The zero-order chi connectivity index (χ0) is 7.68. The second-order valence-corrected chi connectivity index (χ2v) is 3.68. The normalized spacial score (nSPS) is 15.5. The van der Waals surface area contributed by atoms with Crippen molar-refractivity contribution in [2.75, 3.05) is 6.73 Å². The molecule has 11 heavy (non-hydrogen) atoms. The summed E-state index contributed by atoms with van der Waals surface area (Å²) in [6, 6.07) is 3.71. The average molecular weight is 189 g/mol. The van der Waals surface area contributed by atoms with Crippen molar-refractivity contribution in [1.29, 1.82) is 0 Å². The molecule has 2 heterocycles. The van der Waals surface area contributed by atoms with Gasteiger partial charge in [0.1, 0.15) is 0 Å². The maximum absolute atomic E-state index is 5.73. The molecule has 0 amide bonds. The van der Waals surface area contributed by atoms with Crippen LogP contribution in [0.4, 0.5) is 0 Å². The quantitative estimate of drug-likeness (QED) is 0.727. The molecule has 1 aromatic heterocycles. The van der Waals surface area contributed by atoms with E-state index >= 15 is 0 Å². The fourth-order valence-electron chi connectivity index (χ4n) is 0.792. The first-order chi connectivity index (χ1) is 5.36. The van der Waals surface area contributed by atoms with Crippen LogP contribution in [0.25, 0.3) is 0 Å². The number of nitrogens with zero attached hydrogens (tertiary/aromatic N) is 1. The summed E-state index contributed by atoms with van der Waals surface area (Å²) in [5, 5.41) is 3.92. The topological polar surface area (TPSA) is 33.6 Å². The SMILES string of the molecule is Clc1ccc(C2=NNCO2)s1. The zero-order valence-corrected chi connectivity index (χ0v) is 7.08. The molecule has 5 heteroatoms. The first kappa shape index (κ1) is 6.94. The van der Waals surface area contributed by atoms with E-state index in [4.69, 9.17) is 16.3 Å². The maximum Gasteiger partial charge on any atom is 0.250 e. The molecule has 0 atom stereocenters. The molecule has 1 aromatic rings. The highest BCUT2D eigenvalue weighted by atomic mass is 35.5. The van der Waals surface area contributed by atoms with Crippen molar-refractivity contribution in [2.45, 2.75) is 0 Å². The number of hydrazone groups is 1. The molecule has 1 aliphatic heterocycles. The first-order valence-corrected chi connectivity index (χ1v) is 4.25. The molecule has 0 bridgehead atoms. The lowest BCUT2D eigenvalue weighted by Crippen LogP contribution is -2.00. The largest absolute Gasteiger partial charge is 0.453 e. The number of hydrogen-bond acceptors (Lipinski definition) is 4. The lowest BCUT2D eigenvalue weighted by atomic mass is 10.5. The fraction of sp³-hybridized carbons (Fsp3) is 0.167. The van der Waals surface area contributed by atoms with Crippen molar-refractivity contribution in [3.8, 4) is 0 Å². The molecule has 0 unspecified atom stereocenters. The van der Waals surface area contributed by atoms with Crippen LogP contribution in [0, 0.1) is 0 Å². The Morgan fingerprint density at radius 3 is 3.09 bits per heavy atom. The molecular formula is C6H5ClN2OS. The van der Waals surface area contributed by atoms with Crippen LogP contribution >= 0.6 is 22.9 Å². The molecule has 0 fully saturated rings. The van der Waals surface area contributed by atoms with Gasteiger partial charge >= 0.3 is 0 Å². The summed E-state index contributed by atoms with van der Waals surface area (Å²) in [5.74, 6) is 0.627. The third kappa shape index (κ3) is 1.32. The van der Waals surface area contributed by atoms with Gasteiger partial charge in [-0.1, -0.05) is 11.6 Å². The second-order valence-electron chi connectivity index (χ2n) is 1.97. The maximum atomic E-state index is 5.73. The van der Waals surface area contributed by atoms with Gasteiger partial charge in [0.2, 0.25) is 5.90 Å². The highest BCUT2D eigenvalue weighted by Crippen LogP contribution is 2.22. The first-order valence-electron chi connectivity index (χ1n) is 3.05. The highest BCUT2D eigenvalue weighted by Gasteiger charge is 2.11. The molecule has 1 aliphatic rings. The summed E-state index contributed by atoms with van der Waals surface area (Å²) in [4.78, 5) is 0.958. The Morgan fingerprint density at radius 2 is 2.55 bits per heavy atom. The van der Waals surface area contributed by atoms with Gasteiger partial charge in [0.25, 0.3) is 0 Å². The van der Waals surface area contributed by atoms with Crippen LogP contribution in [0.5, 0.6) is 0 Å². The summed E-state index contributed by atoms with van der Waals surface area (Å²) >= 11 is 7.18. The Kier molecular flexibility index (Phi) is 1.71. The van der Waals surface area contributed by atoms with E-state index in [1.807, 2.05) is 12.1 Å². The number of hydrogen-bond donors (Lipinski definition) is 1. The van der Waals surface area contributed by atoms with E-state index < -0.39 is 0 Å². The van der Waals surface area contributed by atoms with E-state index in [0.29, 0.717) is 12.6 Å². The lowest BCUT2D eigenvalue weighted by molar-refractivity contribution is 0.317. The number of rotatable bonds is 1. The Balaban J connectivity index is 2.28. The van der Waals surface area contributed by atoms with Crippen molar-refractivity contribution in [2.24, 2.45) is 5.10 Å². The number of ether oxygens (including phenoxy) is 1. The van der Waals surface area contributed by atoms with Gasteiger partial charge in [0.15, 0.2) is 6.73 Å². The lowest BCUT2D eigenvalue weighted by Gasteiger charge is -1.92. The van der Waals surface area contributed by atoms with Crippen LogP contribution in [0.2, 0.25) is 4.34 Å². The summed E-state index contributed by atoms with van der Waals surface area (Å²) < 4.78 is 5.89. The minimum absolute atomic E-state index is 0.449. The Morgan fingerprint density at radius 1 is 1.64 bits per heavy atom. The predicted octanol–water partition coefficient (Wildman–Crippen LogP) is 1.64. The number of halogens is 1. The van der Waals surface area contributed by atoms with E-state index in [0.717, 1.165) is 9.21 Å². The highest BCUT2D eigenvalue weighted by molar-refractivity contribution is 7.18. The fourth-order valence-corrected chi connectivity index (χ4v) is 1.78. The van der Waals surface area contributed by atoms with Crippen LogP contribution in [0.15, 0.2) is 17.2 Å². The summed E-state index contributed by atoms with van der Waals surface area (Å²) in [5.41, 5.74) is 2.71. The Bertz CT molecular complexity index is 297. The average Bonchev–Trinajstić information content (AvgIpc) is 2.55. The third-order valence-electron chi connectivity index (χ3n) is 1.24. The van der Waals surface area contributed by atoms with E-state index in [9.17, 15) is 0 Å². The molecule has 0 saturated carbocycles. The Hall–Kier alpha value is -0.740. The van der Waals surface area contributed by atoms with Crippen LogP contribution in [0.3, 0.4) is 0 Å². The van der Waals surface area contributed by atoms with Gasteiger partial charge in [-0.3, -0.25) is 5.43 Å². The van der Waals surface area contributed by atoms with Gasteiger partial charge < -0.3 is 4.74 Å². The van der Waals surface area contributed by atoms with Crippen molar-refractivity contribution in [3.63, 3.8) is 0 Å². The van der Waals surface area contributed by atoms with Gasteiger partial charge in [0.05, 0.1) is 9.21 Å². The molecule has 58 valence electrons. The summed E-state index contributed by atoms with van der Waals surface area (Å²) in [6.45, 7) is 0.449. The molecule has 0 radical (unpaired) electrons. The summed E-state index contributed by atoms with van der Waals surface area (Å²) in [7, 11) is 0. The molecule has 0 spiro atoms. The molecule has 3 nitrogen and oxygen atoms in total. The molecule has 0 aliphatic carbocycles. The van der Waals surface area contributed by atoms with Gasteiger partial charge in [-0.15, -0.1) is 16.4 Å². The third-order valence-corrected chi connectivity index (χ3v) is 2.46. The van der Waals surface area contributed by atoms with Crippen LogP contribution in [0.1, 0.15) is 4.88 Å². The van der Waals surface area contributed by atoms with E-state index in [1.165, 1.54) is 11.3 Å². The minimum Gasteiger partial charge on any atom is -0.453 e. The smallest absolute Gasteiger partial charge is 0.250 e. The van der Waals surface area contributed by atoms with Crippen molar-refractivity contribution >= 4 is 28.8 Å². The second kappa shape index (κ2) is 2.71. The van der Waals surface area contributed by atoms with E-state index in [2.05, 4.69) is 10.5 Å². The van der Waals surface area contributed by atoms with Crippen molar-refractivity contribution in [3.05, 3.63) is 21.3 Å². The van der Waals surface area contributed by atoms with Gasteiger partial charge in [-0.05, 0) is 12.1 Å². The molecule has 0 aromatic carbocycles. The van der Waals surface area contributed by atoms with Gasteiger partial charge in [0, 0.05) is 0 Å². The number of thiophene rings is 1. The van der Waals surface area contributed by atoms with Crippen LogP contribution in [-0.2, 0) is 4.74 Å². The van der Waals surface area contributed by atoms with Crippen LogP contribution < -0.4 is 5.43 Å². The molecule has 2 rings (SSSR count). The standard InChI is InChI=1S/C6H5ClN2OS/c7-5-2-1-4(11-5)6-9-8-3-10-6/h1-2,8H,3H2. The van der Waals surface area contributed by atoms with Gasteiger partial charge in [-0.2, -0.15) is 0 Å². The van der Waals surface area contributed by atoms with Crippen molar-refractivity contribution in [1.82, 2.24) is 5.43 Å². The molecule has 0 saturated heterocycles.